The quantitative estimate of drug-likeness (QED) is 0.461. The van der Waals surface area contributed by atoms with Crippen molar-refractivity contribution in [3.63, 3.8) is 0 Å². The second-order valence-corrected chi connectivity index (χ2v) is 3.55. The largest absolute Gasteiger partial charge is 0.481 e. The first-order valence-electron chi connectivity index (χ1n) is 4.24. The second kappa shape index (κ2) is 3.55. The van der Waals surface area contributed by atoms with Gasteiger partial charge in [0.25, 0.3) is 0 Å². The first-order valence-corrected chi connectivity index (χ1v) is 4.24. The van der Waals surface area contributed by atoms with Gasteiger partial charge >= 0.3 is 11.9 Å². The Morgan fingerprint density at radius 3 is 2.29 bits per heavy atom. The number of hydrogen-bond acceptors (Lipinski definition) is 4. The van der Waals surface area contributed by atoms with Gasteiger partial charge in [-0.05, 0) is 19.3 Å². The van der Waals surface area contributed by atoms with E-state index in [1.54, 1.807) is 0 Å². The Kier molecular flexibility index (Phi) is 2.77. The summed E-state index contributed by atoms with van der Waals surface area (Å²) >= 11 is 0. The van der Waals surface area contributed by atoms with Crippen LogP contribution >= 0.6 is 0 Å². The highest BCUT2D eigenvalue weighted by Crippen LogP contribution is 2.34. The summed E-state index contributed by atoms with van der Waals surface area (Å²) in [5.41, 5.74) is -2.24. The van der Waals surface area contributed by atoms with E-state index in [2.05, 4.69) is 0 Å². The molecule has 1 saturated carbocycles. The molecule has 0 aromatic carbocycles. The number of aliphatic hydroxyl groups is 2. The zero-order valence-corrected chi connectivity index (χ0v) is 7.38. The van der Waals surface area contributed by atoms with Crippen molar-refractivity contribution < 1.29 is 30.0 Å². The molecule has 1 fully saturated rings. The summed E-state index contributed by atoms with van der Waals surface area (Å²) in [6.07, 6.45) is -1.21. The summed E-state index contributed by atoms with van der Waals surface area (Å²) in [5.74, 6) is -4.38. The van der Waals surface area contributed by atoms with E-state index in [0.29, 0.717) is 0 Å². The van der Waals surface area contributed by atoms with Gasteiger partial charge in [-0.15, -0.1) is 0 Å². The predicted octanol–water partition coefficient (Wildman–Crippen LogP) is -0.952. The van der Waals surface area contributed by atoms with Gasteiger partial charge in [-0.3, -0.25) is 4.79 Å². The van der Waals surface area contributed by atoms with E-state index in [1.165, 1.54) is 0 Å². The van der Waals surface area contributed by atoms with Crippen LogP contribution in [0.3, 0.4) is 0 Å². The monoisotopic (exact) mass is 204 g/mol. The summed E-state index contributed by atoms with van der Waals surface area (Å²) in [4.78, 5) is 21.4. The van der Waals surface area contributed by atoms with E-state index in [1.807, 2.05) is 0 Å². The zero-order valence-electron chi connectivity index (χ0n) is 7.38. The SMILES string of the molecule is O=C(O)C1CC(O)CCC1(O)C(=O)O. The fraction of sp³-hybridized carbons (Fsp3) is 0.750. The summed E-state index contributed by atoms with van der Waals surface area (Å²) in [6, 6.07) is 0. The van der Waals surface area contributed by atoms with E-state index in [9.17, 15) is 19.8 Å². The summed E-state index contributed by atoms with van der Waals surface area (Å²) in [7, 11) is 0. The molecule has 0 heterocycles. The molecule has 1 aliphatic carbocycles. The highest BCUT2D eigenvalue weighted by atomic mass is 16.4. The minimum absolute atomic E-state index is 0.104. The summed E-state index contributed by atoms with van der Waals surface area (Å²) in [5, 5.41) is 36.2. The van der Waals surface area contributed by atoms with Crippen molar-refractivity contribution in [2.24, 2.45) is 5.92 Å². The maximum absolute atomic E-state index is 10.7. The Morgan fingerprint density at radius 1 is 1.29 bits per heavy atom. The topological polar surface area (TPSA) is 115 Å². The van der Waals surface area contributed by atoms with Gasteiger partial charge in [0.15, 0.2) is 5.60 Å². The van der Waals surface area contributed by atoms with Gasteiger partial charge in [0.2, 0.25) is 0 Å². The van der Waals surface area contributed by atoms with Crippen LogP contribution in [0.25, 0.3) is 0 Å². The minimum atomic E-state index is -2.24. The molecular weight excluding hydrogens is 192 g/mol. The van der Waals surface area contributed by atoms with Gasteiger partial charge in [0.1, 0.15) is 0 Å². The highest BCUT2D eigenvalue weighted by Gasteiger charge is 2.51. The Hall–Kier alpha value is -1.14. The lowest BCUT2D eigenvalue weighted by Gasteiger charge is -2.35. The number of carboxylic acid groups (broad SMARTS) is 2. The minimum Gasteiger partial charge on any atom is -0.481 e. The molecule has 1 aliphatic rings. The molecule has 3 unspecified atom stereocenters. The molecule has 4 N–H and O–H groups in total. The molecule has 1 rings (SSSR count). The van der Waals surface area contributed by atoms with Crippen LogP contribution in [0.5, 0.6) is 0 Å². The molecule has 0 bridgehead atoms. The number of aliphatic hydroxyl groups excluding tert-OH is 1. The van der Waals surface area contributed by atoms with Crippen LogP contribution < -0.4 is 0 Å². The van der Waals surface area contributed by atoms with Crippen LogP contribution in [0, 0.1) is 5.92 Å². The first kappa shape index (κ1) is 10.9. The van der Waals surface area contributed by atoms with E-state index in [-0.39, 0.29) is 19.3 Å². The van der Waals surface area contributed by atoms with Crippen molar-refractivity contribution in [2.45, 2.75) is 31.0 Å². The van der Waals surface area contributed by atoms with Gasteiger partial charge in [-0.1, -0.05) is 0 Å². The molecular formula is C8H12O6. The molecule has 0 amide bonds. The van der Waals surface area contributed by atoms with Gasteiger partial charge in [0, 0.05) is 0 Å². The number of hydrogen-bond donors (Lipinski definition) is 4. The average Bonchev–Trinajstić information content (AvgIpc) is 2.08. The summed E-state index contributed by atoms with van der Waals surface area (Å²) < 4.78 is 0. The van der Waals surface area contributed by atoms with E-state index < -0.39 is 29.6 Å². The fourth-order valence-corrected chi connectivity index (χ4v) is 1.71. The second-order valence-electron chi connectivity index (χ2n) is 3.55. The third-order valence-electron chi connectivity index (χ3n) is 2.61. The van der Waals surface area contributed by atoms with Crippen LogP contribution in [-0.2, 0) is 9.59 Å². The van der Waals surface area contributed by atoms with Crippen molar-refractivity contribution in [3.05, 3.63) is 0 Å². The van der Waals surface area contributed by atoms with Crippen molar-refractivity contribution >= 4 is 11.9 Å². The van der Waals surface area contributed by atoms with Crippen LogP contribution in [-0.4, -0.2) is 44.1 Å². The van der Waals surface area contributed by atoms with Crippen LogP contribution in [0.15, 0.2) is 0 Å². The molecule has 0 saturated heterocycles. The molecule has 14 heavy (non-hydrogen) atoms. The van der Waals surface area contributed by atoms with Crippen molar-refractivity contribution in [2.75, 3.05) is 0 Å². The lowest BCUT2D eigenvalue weighted by Crippen LogP contribution is -2.53. The van der Waals surface area contributed by atoms with E-state index >= 15 is 0 Å². The first-order chi connectivity index (χ1) is 6.38. The van der Waals surface area contributed by atoms with Crippen molar-refractivity contribution in [1.29, 1.82) is 0 Å². The molecule has 80 valence electrons. The Balaban J connectivity index is 2.93. The lowest BCUT2D eigenvalue weighted by molar-refractivity contribution is -0.182. The molecule has 0 aromatic rings. The van der Waals surface area contributed by atoms with Gasteiger partial charge in [-0.2, -0.15) is 0 Å². The standard InChI is InChI=1S/C8H12O6/c9-4-1-2-8(14,7(12)13)5(3-4)6(10)11/h4-5,9,14H,1-3H2,(H,10,11)(H,12,13). The van der Waals surface area contributed by atoms with E-state index in [4.69, 9.17) is 10.2 Å². The van der Waals surface area contributed by atoms with Gasteiger partial charge in [-0.25, -0.2) is 4.79 Å². The Morgan fingerprint density at radius 2 is 1.86 bits per heavy atom. The third-order valence-corrected chi connectivity index (χ3v) is 2.61. The van der Waals surface area contributed by atoms with E-state index in [0.717, 1.165) is 0 Å². The molecule has 6 nitrogen and oxygen atoms in total. The maximum Gasteiger partial charge on any atom is 0.336 e. The number of carbonyl (C=O) groups is 2. The smallest absolute Gasteiger partial charge is 0.336 e. The predicted molar refractivity (Wildman–Crippen MR) is 43.6 cm³/mol. The average molecular weight is 204 g/mol. The molecule has 6 heteroatoms. The molecule has 3 atom stereocenters. The number of rotatable bonds is 2. The third kappa shape index (κ3) is 1.71. The summed E-state index contributed by atoms with van der Waals surface area (Å²) in [6.45, 7) is 0. The zero-order chi connectivity index (χ0) is 10.9. The Labute approximate surface area is 79.8 Å². The van der Waals surface area contributed by atoms with Crippen LogP contribution in [0.2, 0.25) is 0 Å². The highest BCUT2D eigenvalue weighted by molar-refractivity contribution is 5.85. The molecule has 0 radical (unpaired) electrons. The molecule has 0 spiro atoms. The van der Waals surface area contributed by atoms with Crippen LogP contribution in [0.1, 0.15) is 19.3 Å². The van der Waals surface area contributed by atoms with Gasteiger partial charge in [0.05, 0.1) is 12.0 Å². The number of carboxylic acids is 2. The molecule has 0 aromatic heterocycles. The maximum atomic E-state index is 10.7. The lowest BCUT2D eigenvalue weighted by atomic mass is 9.74. The van der Waals surface area contributed by atoms with Gasteiger partial charge < -0.3 is 20.4 Å². The van der Waals surface area contributed by atoms with Crippen molar-refractivity contribution in [1.82, 2.24) is 0 Å². The fourth-order valence-electron chi connectivity index (χ4n) is 1.71. The molecule has 0 aliphatic heterocycles. The number of aliphatic carboxylic acids is 2. The normalized spacial score (nSPS) is 37.9. The van der Waals surface area contributed by atoms with Crippen LogP contribution in [0.4, 0.5) is 0 Å². The Bertz CT molecular complexity index is 263. The van der Waals surface area contributed by atoms with Crippen molar-refractivity contribution in [3.8, 4) is 0 Å².